The minimum atomic E-state index is -0.0926. The average molecular weight is 244 g/mol. The van der Waals surface area contributed by atoms with Crippen LogP contribution < -0.4 is 0 Å². The summed E-state index contributed by atoms with van der Waals surface area (Å²) in [5.41, 5.74) is 0. The molecule has 0 amide bonds. The van der Waals surface area contributed by atoms with E-state index >= 15 is 0 Å². The summed E-state index contributed by atoms with van der Waals surface area (Å²) in [6.07, 6.45) is 0.475. The van der Waals surface area contributed by atoms with Gasteiger partial charge in [0, 0.05) is 12.6 Å². The quantitative estimate of drug-likeness (QED) is 0.577. The summed E-state index contributed by atoms with van der Waals surface area (Å²) in [5, 5.41) is 0. The lowest BCUT2D eigenvalue weighted by Gasteiger charge is -2.22. The van der Waals surface area contributed by atoms with Gasteiger partial charge in [0.05, 0.1) is 6.42 Å². The lowest BCUT2D eigenvalue weighted by molar-refractivity contribution is -0.145. The highest BCUT2D eigenvalue weighted by Crippen LogP contribution is 2.02. The van der Waals surface area contributed by atoms with Crippen LogP contribution in [0.1, 0.15) is 34.1 Å². The maximum atomic E-state index is 11.6. The van der Waals surface area contributed by atoms with Crippen molar-refractivity contribution >= 4 is 5.97 Å². The van der Waals surface area contributed by atoms with E-state index < -0.39 is 0 Å². The zero-order valence-electron chi connectivity index (χ0n) is 12.0. The Labute approximate surface area is 106 Å². The van der Waals surface area contributed by atoms with Crippen molar-refractivity contribution in [3.63, 3.8) is 0 Å². The van der Waals surface area contributed by atoms with Gasteiger partial charge in [0.15, 0.2) is 0 Å². The Kier molecular flexibility index (Phi) is 9.09. The molecule has 0 aromatic carbocycles. The molecule has 0 N–H and O–H groups in total. The van der Waals surface area contributed by atoms with Crippen LogP contribution in [0.5, 0.6) is 0 Å². The van der Waals surface area contributed by atoms with Crippen LogP contribution in [0.2, 0.25) is 0 Å². The summed E-state index contributed by atoms with van der Waals surface area (Å²) in [4.78, 5) is 16.0. The van der Waals surface area contributed by atoms with E-state index in [-0.39, 0.29) is 12.0 Å². The molecule has 0 aliphatic heterocycles. The van der Waals surface area contributed by atoms with E-state index in [1.54, 1.807) is 0 Å². The number of carbonyl (C=O) groups is 1. The third-order valence-electron chi connectivity index (χ3n) is 3.28. The third-order valence-corrected chi connectivity index (χ3v) is 3.28. The minimum Gasteiger partial charge on any atom is -0.464 e. The van der Waals surface area contributed by atoms with Gasteiger partial charge in [-0.25, -0.2) is 0 Å². The van der Waals surface area contributed by atoms with Gasteiger partial charge in [0.1, 0.15) is 6.61 Å². The van der Waals surface area contributed by atoms with Gasteiger partial charge in [0.25, 0.3) is 0 Å². The molecule has 4 heteroatoms. The van der Waals surface area contributed by atoms with Gasteiger partial charge >= 0.3 is 5.97 Å². The highest BCUT2D eigenvalue weighted by atomic mass is 16.5. The van der Waals surface area contributed by atoms with Gasteiger partial charge in [-0.1, -0.05) is 20.8 Å². The smallest absolute Gasteiger partial charge is 0.307 e. The monoisotopic (exact) mass is 244 g/mol. The molecule has 0 rings (SSSR count). The van der Waals surface area contributed by atoms with E-state index in [0.29, 0.717) is 13.0 Å². The van der Waals surface area contributed by atoms with Crippen molar-refractivity contribution in [1.82, 2.24) is 9.80 Å². The summed E-state index contributed by atoms with van der Waals surface area (Å²) in [6.45, 7) is 12.7. The van der Waals surface area contributed by atoms with E-state index in [2.05, 4.69) is 37.5 Å². The normalized spacial score (nSPS) is 13.1. The molecule has 0 aromatic rings. The number of hydrogen-bond acceptors (Lipinski definition) is 4. The molecule has 0 heterocycles. The zero-order valence-corrected chi connectivity index (χ0v) is 12.0. The fraction of sp³-hybridized carbons (Fsp3) is 0.923. The van der Waals surface area contributed by atoms with Crippen LogP contribution in [0.15, 0.2) is 0 Å². The van der Waals surface area contributed by atoms with Gasteiger partial charge in [-0.2, -0.15) is 0 Å². The van der Waals surface area contributed by atoms with Crippen molar-refractivity contribution in [2.45, 2.75) is 40.2 Å². The van der Waals surface area contributed by atoms with Crippen molar-refractivity contribution in [2.24, 2.45) is 0 Å². The molecule has 0 saturated heterocycles. The SMILES string of the molecule is CCN(CC)CCOC(=O)CC(C)N(C)CC. The summed E-state index contributed by atoms with van der Waals surface area (Å²) in [5.74, 6) is -0.0926. The Balaban J connectivity index is 3.72. The van der Waals surface area contributed by atoms with Crippen LogP contribution in [0.3, 0.4) is 0 Å². The predicted octanol–water partition coefficient (Wildman–Crippen LogP) is 1.60. The van der Waals surface area contributed by atoms with Crippen LogP contribution in [-0.4, -0.2) is 61.6 Å². The first kappa shape index (κ1) is 16.4. The Morgan fingerprint density at radius 1 is 1.18 bits per heavy atom. The molecular weight excluding hydrogens is 216 g/mol. The Morgan fingerprint density at radius 2 is 1.76 bits per heavy atom. The number of carbonyl (C=O) groups excluding carboxylic acids is 1. The lowest BCUT2D eigenvalue weighted by Crippen LogP contribution is -2.32. The maximum Gasteiger partial charge on any atom is 0.307 e. The van der Waals surface area contributed by atoms with Crippen molar-refractivity contribution in [3.8, 4) is 0 Å². The first-order valence-corrected chi connectivity index (χ1v) is 6.63. The van der Waals surface area contributed by atoms with Crippen molar-refractivity contribution < 1.29 is 9.53 Å². The van der Waals surface area contributed by atoms with E-state index in [9.17, 15) is 4.79 Å². The number of ether oxygens (including phenoxy) is 1. The van der Waals surface area contributed by atoms with Crippen LogP contribution in [0, 0.1) is 0 Å². The first-order chi connectivity index (χ1) is 8.04. The molecule has 0 aliphatic rings. The Hall–Kier alpha value is -0.610. The molecule has 1 atom stereocenters. The van der Waals surface area contributed by atoms with Crippen molar-refractivity contribution in [1.29, 1.82) is 0 Å². The number of likely N-dealkylation sites (N-methyl/N-ethyl adjacent to an activating group) is 1. The molecule has 17 heavy (non-hydrogen) atoms. The summed E-state index contributed by atoms with van der Waals surface area (Å²) < 4.78 is 5.23. The van der Waals surface area contributed by atoms with Crippen LogP contribution in [0.4, 0.5) is 0 Å². The second-order valence-electron chi connectivity index (χ2n) is 4.37. The Bertz CT molecular complexity index is 206. The molecule has 1 unspecified atom stereocenters. The largest absolute Gasteiger partial charge is 0.464 e. The first-order valence-electron chi connectivity index (χ1n) is 6.63. The van der Waals surface area contributed by atoms with Gasteiger partial charge in [-0.05, 0) is 33.6 Å². The number of esters is 1. The Morgan fingerprint density at radius 3 is 2.24 bits per heavy atom. The molecule has 102 valence electrons. The fourth-order valence-corrected chi connectivity index (χ4v) is 1.60. The van der Waals surface area contributed by atoms with Crippen LogP contribution >= 0.6 is 0 Å². The van der Waals surface area contributed by atoms with E-state index in [0.717, 1.165) is 26.2 Å². The second kappa shape index (κ2) is 9.42. The van der Waals surface area contributed by atoms with Gasteiger partial charge in [0.2, 0.25) is 0 Å². The molecule has 0 fully saturated rings. The van der Waals surface area contributed by atoms with Crippen LogP contribution in [0.25, 0.3) is 0 Å². The summed E-state index contributed by atoms with van der Waals surface area (Å²) in [7, 11) is 2.02. The van der Waals surface area contributed by atoms with Gasteiger partial charge in [-0.3, -0.25) is 4.79 Å². The molecule has 0 aromatic heterocycles. The molecule has 0 spiro atoms. The van der Waals surface area contributed by atoms with Gasteiger partial charge in [-0.15, -0.1) is 0 Å². The summed E-state index contributed by atoms with van der Waals surface area (Å²) in [6, 6.07) is 0.251. The van der Waals surface area contributed by atoms with E-state index in [4.69, 9.17) is 4.74 Å². The van der Waals surface area contributed by atoms with E-state index in [1.807, 2.05) is 7.05 Å². The lowest BCUT2D eigenvalue weighted by atomic mass is 10.2. The minimum absolute atomic E-state index is 0.0926. The summed E-state index contributed by atoms with van der Waals surface area (Å²) >= 11 is 0. The molecule has 4 nitrogen and oxygen atoms in total. The second-order valence-corrected chi connectivity index (χ2v) is 4.37. The number of rotatable bonds is 9. The molecule has 0 saturated carbocycles. The standard InChI is InChI=1S/C13H28N2O2/c1-6-14(5)12(4)11-13(16)17-10-9-15(7-2)8-3/h12H,6-11H2,1-5H3. The number of nitrogens with zero attached hydrogens (tertiary/aromatic N) is 2. The average Bonchev–Trinajstić information content (AvgIpc) is 2.33. The molecule has 0 bridgehead atoms. The third kappa shape index (κ3) is 7.34. The fourth-order valence-electron chi connectivity index (χ4n) is 1.60. The highest BCUT2D eigenvalue weighted by molar-refractivity contribution is 5.70. The van der Waals surface area contributed by atoms with Gasteiger partial charge < -0.3 is 14.5 Å². The number of hydrogen-bond donors (Lipinski definition) is 0. The van der Waals surface area contributed by atoms with E-state index in [1.165, 1.54) is 0 Å². The molecule has 0 aliphatic carbocycles. The van der Waals surface area contributed by atoms with Crippen molar-refractivity contribution in [2.75, 3.05) is 39.8 Å². The molecular formula is C13H28N2O2. The maximum absolute atomic E-state index is 11.6. The predicted molar refractivity (Wildman–Crippen MR) is 71.1 cm³/mol. The topological polar surface area (TPSA) is 32.8 Å². The van der Waals surface area contributed by atoms with Crippen molar-refractivity contribution in [3.05, 3.63) is 0 Å². The van der Waals surface area contributed by atoms with Crippen LogP contribution in [-0.2, 0) is 9.53 Å². The molecule has 0 radical (unpaired) electrons. The highest BCUT2D eigenvalue weighted by Gasteiger charge is 2.13. The zero-order chi connectivity index (χ0) is 13.3.